The monoisotopic (exact) mass is 314 g/mol. The number of aryl methyl sites for hydroxylation is 2. The number of aromatic nitrogens is 1. The summed E-state index contributed by atoms with van der Waals surface area (Å²) in [6.45, 7) is 2.74. The van der Waals surface area contributed by atoms with Gasteiger partial charge in [0.2, 0.25) is 0 Å². The lowest BCUT2D eigenvalue weighted by Gasteiger charge is -2.27. The topological polar surface area (TPSA) is 49.3 Å². The Morgan fingerprint density at radius 1 is 1.36 bits per heavy atom. The summed E-state index contributed by atoms with van der Waals surface area (Å²) in [7, 11) is 1.82. The van der Waals surface area contributed by atoms with Crippen LogP contribution in [-0.2, 0) is 19.4 Å². The van der Waals surface area contributed by atoms with Gasteiger partial charge in [-0.25, -0.2) is 4.98 Å². The van der Waals surface area contributed by atoms with Crippen molar-refractivity contribution in [1.29, 1.82) is 0 Å². The predicted molar refractivity (Wildman–Crippen MR) is 92.4 cm³/mol. The van der Waals surface area contributed by atoms with Gasteiger partial charge in [-0.2, -0.15) is 0 Å². The van der Waals surface area contributed by atoms with Crippen molar-refractivity contribution in [2.45, 2.75) is 38.8 Å². The first-order valence-electron chi connectivity index (χ1n) is 7.69. The standard InChI is InChI=1S/C17H22N4S/c1-12-11-22-16(20-12)10-19-17(18-2)21-15-8-7-13-5-3-4-6-14(13)9-15/h3-6,11,15H,7-10H2,1-2H3,(H2,18,19,21). The molecular formula is C17H22N4S. The molecule has 1 unspecified atom stereocenters. The molecule has 0 fully saturated rings. The number of benzene rings is 1. The zero-order valence-electron chi connectivity index (χ0n) is 13.1. The zero-order valence-corrected chi connectivity index (χ0v) is 13.9. The number of fused-ring (bicyclic) bond motifs is 1. The van der Waals surface area contributed by atoms with Crippen molar-refractivity contribution < 1.29 is 0 Å². The highest BCUT2D eigenvalue weighted by Crippen LogP contribution is 2.20. The number of nitrogens with one attached hydrogen (secondary N) is 2. The number of hydrogen-bond donors (Lipinski definition) is 2. The van der Waals surface area contributed by atoms with Crippen LogP contribution in [0.1, 0.15) is 28.2 Å². The Bertz CT molecular complexity index is 662. The molecule has 4 nitrogen and oxygen atoms in total. The molecule has 2 N–H and O–H groups in total. The van der Waals surface area contributed by atoms with Crippen LogP contribution in [0.25, 0.3) is 0 Å². The molecule has 2 aromatic rings. The lowest BCUT2D eigenvalue weighted by atomic mass is 9.88. The minimum absolute atomic E-state index is 0.444. The molecule has 0 saturated heterocycles. The average Bonchev–Trinajstić information content (AvgIpc) is 2.96. The van der Waals surface area contributed by atoms with Gasteiger partial charge in [0.1, 0.15) is 5.01 Å². The SMILES string of the molecule is CN=C(NCc1nc(C)cs1)NC1CCc2ccccc2C1. The van der Waals surface area contributed by atoms with Gasteiger partial charge in [0, 0.05) is 24.2 Å². The van der Waals surface area contributed by atoms with E-state index < -0.39 is 0 Å². The van der Waals surface area contributed by atoms with E-state index in [4.69, 9.17) is 0 Å². The molecular weight excluding hydrogens is 292 g/mol. The van der Waals surface area contributed by atoms with Gasteiger partial charge in [-0.3, -0.25) is 4.99 Å². The number of nitrogens with zero attached hydrogens (tertiary/aromatic N) is 2. The van der Waals surface area contributed by atoms with E-state index in [0.29, 0.717) is 6.04 Å². The number of thiazole rings is 1. The van der Waals surface area contributed by atoms with Crippen LogP contribution in [0.2, 0.25) is 0 Å². The van der Waals surface area contributed by atoms with E-state index in [1.807, 2.05) is 14.0 Å². The number of hydrogen-bond acceptors (Lipinski definition) is 3. The van der Waals surface area contributed by atoms with Crippen LogP contribution in [0.3, 0.4) is 0 Å². The van der Waals surface area contributed by atoms with Crippen LogP contribution < -0.4 is 10.6 Å². The van der Waals surface area contributed by atoms with Gasteiger partial charge in [0.15, 0.2) is 5.96 Å². The molecule has 1 aliphatic rings. The summed E-state index contributed by atoms with van der Waals surface area (Å²) < 4.78 is 0. The molecule has 1 atom stereocenters. The molecule has 116 valence electrons. The van der Waals surface area contributed by atoms with Gasteiger partial charge >= 0.3 is 0 Å². The van der Waals surface area contributed by atoms with Crippen molar-refractivity contribution in [1.82, 2.24) is 15.6 Å². The lowest BCUT2D eigenvalue weighted by Crippen LogP contribution is -2.45. The van der Waals surface area contributed by atoms with Crippen LogP contribution >= 0.6 is 11.3 Å². The highest BCUT2D eigenvalue weighted by atomic mass is 32.1. The minimum atomic E-state index is 0.444. The molecule has 3 rings (SSSR count). The van der Waals surface area contributed by atoms with Gasteiger partial charge in [-0.15, -0.1) is 11.3 Å². The third kappa shape index (κ3) is 3.65. The van der Waals surface area contributed by atoms with Gasteiger partial charge < -0.3 is 10.6 Å². The first-order valence-corrected chi connectivity index (χ1v) is 8.57. The molecule has 1 aromatic heterocycles. The van der Waals surface area contributed by atoms with Gasteiger partial charge in [-0.05, 0) is 37.3 Å². The molecule has 5 heteroatoms. The molecule has 1 aliphatic carbocycles. The fourth-order valence-corrected chi connectivity index (χ4v) is 3.56. The van der Waals surface area contributed by atoms with E-state index in [2.05, 4.69) is 50.3 Å². The Morgan fingerprint density at radius 3 is 2.91 bits per heavy atom. The normalized spacial score (nSPS) is 17.9. The first kappa shape index (κ1) is 15.0. The second-order valence-electron chi connectivity index (χ2n) is 5.66. The third-order valence-corrected chi connectivity index (χ3v) is 4.95. The third-order valence-electron chi connectivity index (χ3n) is 3.98. The summed E-state index contributed by atoms with van der Waals surface area (Å²) in [5, 5.41) is 10.1. The van der Waals surface area contributed by atoms with Crippen molar-refractivity contribution in [3.63, 3.8) is 0 Å². The number of guanidine groups is 1. The van der Waals surface area contributed by atoms with Crippen molar-refractivity contribution in [2.75, 3.05) is 7.05 Å². The summed E-state index contributed by atoms with van der Waals surface area (Å²) >= 11 is 1.68. The van der Waals surface area contributed by atoms with Crippen LogP contribution in [-0.4, -0.2) is 24.0 Å². The van der Waals surface area contributed by atoms with Crippen LogP contribution in [0.5, 0.6) is 0 Å². The highest BCUT2D eigenvalue weighted by Gasteiger charge is 2.18. The molecule has 0 aliphatic heterocycles. The van der Waals surface area contributed by atoms with Crippen LogP contribution in [0, 0.1) is 6.92 Å². The molecule has 0 amide bonds. The zero-order chi connectivity index (χ0) is 15.4. The summed E-state index contributed by atoms with van der Waals surface area (Å²) in [5.74, 6) is 0.859. The summed E-state index contributed by atoms with van der Waals surface area (Å²) in [5.41, 5.74) is 4.02. The predicted octanol–water partition coefficient (Wildman–Crippen LogP) is 2.67. The first-order chi connectivity index (χ1) is 10.7. The van der Waals surface area contributed by atoms with Crippen LogP contribution in [0.15, 0.2) is 34.6 Å². The van der Waals surface area contributed by atoms with E-state index in [1.54, 1.807) is 11.3 Å². The van der Waals surface area contributed by atoms with Gasteiger partial charge in [-0.1, -0.05) is 24.3 Å². The second-order valence-corrected chi connectivity index (χ2v) is 6.60. The van der Waals surface area contributed by atoms with E-state index in [9.17, 15) is 0 Å². The Morgan fingerprint density at radius 2 is 2.18 bits per heavy atom. The average molecular weight is 314 g/mol. The lowest BCUT2D eigenvalue weighted by molar-refractivity contribution is 0.520. The van der Waals surface area contributed by atoms with E-state index in [-0.39, 0.29) is 0 Å². The molecule has 22 heavy (non-hydrogen) atoms. The number of rotatable bonds is 3. The second kappa shape index (κ2) is 6.92. The molecule has 1 aromatic carbocycles. The molecule has 0 spiro atoms. The maximum absolute atomic E-state index is 4.47. The summed E-state index contributed by atoms with van der Waals surface area (Å²) in [4.78, 5) is 8.80. The minimum Gasteiger partial charge on any atom is -0.353 e. The number of aliphatic imine (C=N–C) groups is 1. The smallest absolute Gasteiger partial charge is 0.191 e. The Hall–Kier alpha value is -1.88. The highest BCUT2D eigenvalue weighted by molar-refractivity contribution is 7.09. The largest absolute Gasteiger partial charge is 0.353 e. The fourth-order valence-electron chi connectivity index (χ4n) is 2.85. The molecule has 1 heterocycles. The Balaban J connectivity index is 1.55. The van der Waals surface area contributed by atoms with Gasteiger partial charge in [0.25, 0.3) is 0 Å². The van der Waals surface area contributed by atoms with Crippen molar-refractivity contribution in [3.8, 4) is 0 Å². The maximum atomic E-state index is 4.47. The Kier molecular flexibility index (Phi) is 4.73. The Labute approximate surface area is 135 Å². The van der Waals surface area contributed by atoms with Crippen molar-refractivity contribution in [2.24, 2.45) is 4.99 Å². The van der Waals surface area contributed by atoms with Crippen molar-refractivity contribution >= 4 is 17.3 Å². The quantitative estimate of drug-likeness (QED) is 0.676. The molecule has 0 bridgehead atoms. The summed E-state index contributed by atoms with van der Waals surface area (Å²) in [6, 6.07) is 9.17. The summed E-state index contributed by atoms with van der Waals surface area (Å²) in [6.07, 6.45) is 3.35. The van der Waals surface area contributed by atoms with Gasteiger partial charge in [0.05, 0.1) is 6.54 Å². The van der Waals surface area contributed by atoms with E-state index >= 15 is 0 Å². The fraction of sp³-hybridized carbons (Fsp3) is 0.412. The van der Waals surface area contributed by atoms with E-state index in [1.165, 1.54) is 11.1 Å². The van der Waals surface area contributed by atoms with Crippen molar-refractivity contribution in [3.05, 3.63) is 51.5 Å². The molecule has 0 radical (unpaired) electrons. The van der Waals surface area contributed by atoms with Crippen LogP contribution in [0.4, 0.5) is 0 Å². The molecule has 0 saturated carbocycles. The van der Waals surface area contributed by atoms with E-state index in [0.717, 1.165) is 42.5 Å². The maximum Gasteiger partial charge on any atom is 0.191 e.